The molecule has 13 nitrogen and oxygen atoms in total. The number of carbonyl (C=O) groups is 3. The van der Waals surface area contributed by atoms with Crippen molar-refractivity contribution in [3.8, 4) is 0 Å². The van der Waals surface area contributed by atoms with Gasteiger partial charge in [0.05, 0.1) is 6.42 Å². The van der Waals surface area contributed by atoms with Crippen LogP contribution in [0.3, 0.4) is 0 Å². The first-order valence-electron chi connectivity index (χ1n) is 7.59. The number of hydrogen-bond donors (Lipinski definition) is 4. The molecule has 15 heteroatoms. The van der Waals surface area contributed by atoms with Crippen molar-refractivity contribution >= 4 is 43.9 Å². The van der Waals surface area contributed by atoms with Crippen molar-refractivity contribution < 1.29 is 45.2 Å². The van der Waals surface area contributed by atoms with Crippen LogP contribution in [0.2, 0.25) is 0 Å². The van der Waals surface area contributed by atoms with E-state index in [1.54, 1.807) is 0 Å². The minimum Gasteiger partial charge on any atom is -0.370 e. The summed E-state index contributed by atoms with van der Waals surface area (Å²) in [6.45, 7) is 0. The van der Waals surface area contributed by atoms with Crippen LogP contribution in [0.5, 0.6) is 0 Å². The largest absolute Gasteiger partial charge is 0.370 e. The highest BCUT2D eigenvalue weighted by molar-refractivity contribution is 8.06. The fourth-order valence-corrected chi connectivity index (χ4v) is 4.62. The van der Waals surface area contributed by atoms with E-state index in [0.29, 0.717) is 25.7 Å². The monoisotopic (exact) mass is 429 g/mol. The van der Waals surface area contributed by atoms with Gasteiger partial charge in [-0.3, -0.25) is 28.9 Å². The van der Waals surface area contributed by atoms with Crippen LogP contribution < -0.4 is 5.73 Å². The highest BCUT2D eigenvalue weighted by Crippen LogP contribution is 2.36. The molecule has 1 aliphatic rings. The molecule has 1 fully saturated rings. The van der Waals surface area contributed by atoms with Crippen molar-refractivity contribution in [1.82, 2.24) is 5.06 Å². The first kappa shape index (κ1) is 22.9. The van der Waals surface area contributed by atoms with E-state index in [1.165, 1.54) is 0 Å². The van der Waals surface area contributed by atoms with Crippen molar-refractivity contribution in [1.29, 1.82) is 5.41 Å². The van der Waals surface area contributed by atoms with Gasteiger partial charge >= 0.3 is 9.99 Å². The van der Waals surface area contributed by atoms with Gasteiger partial charge in [0, 0.05) is 12.8 Å². The first-order valence-corrected chi connectivity index (χ1v) is 10.5. The predicted molar refractivity (Wildman–Crippen MR) is 88.0 cm³/mol. The van der Waals surface area contributed by atoms with Gasteiger partial charge < -0.3 is 10.6 Å². The molecule has 154 valence electrons. The van der Waals surface area contributed by atoms with Crippen LogP contribution in [-0.4, -0.2) is 58.7 Å². The lowest BCUT2D eigenvalue weighted by atomic mass is 10.1. The number of carbonyl (C=O) groups excluding carboxylic acids is 3. The Morgan fingerprint density at radius 2 is 1.56 bits per heavy atom. The quantitative estimate of drug-likeness (QED) is 0.108. The lowest BCUT2D eigenvalue weighted by Gasteiger charge is -2.20. The Hall–Kier alpha value is -2.10. The van der Waals surface area contributed by atoms with Crippen LogP contribution >= 0.6 is 0 Å². The van der Waals surface area contributed by atoms with Gasteiger partial charge in [-0.15, -0.1) is 5.06 Å². The third-order valence-corrected chi connectivity index (χ3v) is 7.30. The summed E-state index contributed by atoms with van der Waals surface area (Å²) >= 11 is 0. The molecule has 0 saturated carbocycles. The van der Waals surface area contributed by atoms with E-state index < -0.39 is 54.4 Å². The average Bonchev–Trinajstić information content (AvgIpc) is 2.75. The molecule has 1 heterocycles. The Morgan fingerprint density at radius 1 is 1.07 bits per heavy atom. The van der Waals surface area contributed by atoms with Crippen molar-refractivity contribution in [2.75, 3.05) is 0 Å². The van der Waals surface area contributed by atoms with Gasteiger partial charge in [-0.05, 0) is 12.8 Å². The summed E-state index contributed by atoms with van der Waals surface area (Å²) in [5.74, 6) is -4.60. The zero-order valence-electron chi connectivity index (χ0n) is 14.0. The van der Waals surface area contributed by atoms with Gasteiger partial charge in [-0.1, -0.05) is 12.8 Å². The zero-order valence-corrected chi connectivity index (χ0v) is 15.6. The summed E-state index contributed by atoms with van der Waals surface area (Å²) in [6.07, 6.45) is 0.598. The van der Waals surface area contributed by atoms with Crippen LogP contribution in [0.25, 0.3) is 0 Å². The van der Waals surface area contributed by atoms with Crippen LogP contribution in [0, 0.1) is 5.41 Å². The summed E-state index contributed by atoms with van der Waals surface area (Å²) in [5.41, 5.74) is 4.97. The average molecular weight is 429 g/mol. The van der Waals surface area contributed by atoms with Crippen LogP contribution in [-0.2, 0) is 39.5 Å². The number of hydrogen-bond acceptors (Lipinski definition) is 9. The Bertz CT molecular complexity index is 817. The number of primary amides is 1. The molecule has 0 unspecified atom stereocenters. The van der Waals surface area contributed by atoms with Crippen LogP contribution in [0.15, 0.2) is 0 Å². The maximum absolute atomic E-state index is 12.1. The minimum atomic E-state index is -5.75. The van der Waals surface area contributed by atoms with E-state index in [2.05, 4.69) is 4.84 Å². The van der Waals surface area contributed by atoms with E-state index in [4.69, 9.17) is 20.2 Å². The van der Waals surface area contributed by atoms with Gasteiger partial charge in [0.1, 0.15) is 0 Å². The second kappa shape index (κ2) is 8.28. The molecule has 5 N–H and O–H groups in total. The molecule has 0 bridgehead atoms. The number of unbranched alkanes of at least 4 members (excludes halogenated alkanes) is 3. The molecular weight excluding hydrogens is 410 g/mol. The van der Waals surface area contributed by atoms with Crippen LogP contribution in [0.4, 0.5) is 0 Å². The second-order valence-corrected chi connectivity index (χ2v) is 9.32. The lowest BCUT2D eigenvalue weighted by Crippen LogP contribution is -2.52. The van der Waals surface area contributed by atoms with Crippen LogP contribution in [0.1, 0.15) is 44.9 Å². The molecule has 0 spiro atoms. The van der Waals surface area contributed by atoms with Gasteiger partial charge in [-0.2, -0.15) is 16.8 Å². The third-order valence-electron chi connectivity index (χ3n) is 3.73. The number of amides is 3. The van der Waals surface area contributed by atoms with Gasteiger partial charge in [-0.25, -0.2) is 0 Å². The SMILES string of the molecule is N=C(CCCCCCC(N)=O)ON1C(=O)CC(S(=O)(=O)O)(S(=O)(=O)O)C1=O. The fourth-order valence-electron chi connectivity index (χ4n) is 2.34. The van der Waals surface area contributed by atoms with Gasteiger partial charge in [0.15, 0.2) is 0 Å². The first-order chi connectivity index (χ1) is 12.2. The van der Waals surface area contributed by atoms with E-state index >= 15 is 0 Å². The smallest absolute Gasteiger partial charge is 0.311 e. The molecule has 0 aromatic rings. The number of rotatable bonds is 10. The summed E-state index contributed by atoms with van der Waals surface area (Å²) < 4.78 is 59.9. The molecule has 1 rings (SSSR count). The molecule has 1 aliphatic heterocycles. The minimum absolute atomic E-state index is 0.0849. The molecule has 0 atom stereocenters. The zero-order chi connectivity index (χ0) is 21.0. The van der Waals surface area contributed by atoms with Crippen molar-refractivity contribution in [2.45, 2.75) is 49.0 Å². The van der Waals surface area contributed by atoms with Gasteiger partial charge in [0.25, 0.3) is 26.1 Å². The highest BCUT2D eigenvalue weighted by atomic mass is 32.3. The topological polar surface area (TPSA) is 222 Å². The summed E-state index contributed by atoms with van der Waals surface area (Å²) in [5, 5.41) is 7.28. The molecule has 0 aromatic heterocycles. The molecule has 3 amide bonds. The Morgan fingerprint density at radius 3 is 1.96 bits per heavy atom. The van der Waals surface area contributed by atoms with E-state index in [9.17, 15) is 31.2 Å². The normalized spacial score (nSPS) is 17.2. The molecular formula is C12H19N3O10S2. The molecule has 0 aromatic carbocycles. The highest BCUT2D eigenvalue weighted by Gasteiger charge is 2.70. The predicted octanol–water partition coefficient (Wildman–Crippen LogP) is -1.05. The fraction of sp³-hybridized carbons (Fsp3) is 0.667. The molecule has 0 aliphatic carbocycles. The van der Waals surface area contributed by atoms with E-state index in [1.807, 2.05) is 0 Å². The second-order valence-electron chi connectivity index (χ2n) is 5.77. The molecule has 27 heavy (non-hydrogen) atoms. The number of imide groups is 1. The number of hydroxylamine groups is 2. The number of nitrogens with one attached hydrogen (secondary N) is 1. The Balaban J connectivity index is 2.74. The van der Waals surface area contributed by atoms with Crippen molar-refractivity contribution in [2.24, 2.45) is 5.73 Å². The summed E-state index contributed by atoms with van der Waals surface area (Å²) in [7, 11) is -11.5. The summed E-state index contributed by atoms with van der Waals surface area (Å²) in [4.78, 5) is 39.1. The molecule has 1 saturated heterocycles. The maximum atomic E-state index is 12.1. The standard InChI is InChI=1S/C12H19N3O10S2/c13-8(16)5-3-1-2-4-6-9(14)25-15-10(17)7-12(11(15)18,26(19,20)21)27(22,23)24/h14H,1-7H2,(H2,13,16)(H,19,20,21)(H,22,23,24). The maximum Gasteiger partial charge on any atom is 0.311 e. The third kappa shape index (κ3) is 5.00. The lowest BCUT2D eigenvalue weighted by molar-refractivity contribution is -0.168. The molecule has 0 radical (unpaired) electrons. The van der Waals surface area contributed by atoms with E-state index in [-0.39, 0.29) is 17.9 Å². The van der Waals surface area contributed by atoms with Gasteiger partial charge in [0.2, 0.25) is 11.8 Å². The van der Waals surface area contributed by atoms with Crippen molar-refractivity contribution in [3.63, 3.8) is 0 Å². The Kier molecular flexibility index (Phi) is 7.04. The summed E-state index contributed by atoms with van der Waals surface area (Å²) in [6, 6.07) is 0. The van der Waals surface area contributed by atoms with Crippen molar-refractivity contribution in [3.05, 3.63) is 0 Å². The Labute approximate surface area is 154 Å². The number of nitrogens with zero attached hydrogens (tertiary/aromatic N) is 1. The number of nitrogens with two attached hydrogens (primary N) is 1. The van der Waals surface area contributed by atoms with E-state index in [0.717, 1.165) is 0 Å².